The molecule has 4 atom stereocenters. The normalized spacial score (nSPS) is 54.3. The fraction of sp³-hybridized carbons (Fsp3) is 0.700. The van der Waals surface area contributed by atoms with Crippen LogP contribution < -0.4 is 0 Å². The number of rotatable bonds is 0. The summed E-state index contributed by atoms with van der Waals surface area (Å²) in [6.45, 7) is 4.11. The Morgan fingerprint density at radius 1 is 1.67 bits per heavy atom. The Bertz CT molecular complexity index is 305. The predicted molar refractivity (Wildman–Crippen MR) is 43.3 cm³/mol. The van der Waals surface area contributed by atoms with Crippen molar-refractivity contribution >= 4 is 5.97 Å². The Hall–Kier alpha value is -0.790. The number of esters is 1. The second-order valence-corrected chi connectivity index (χ2v) is 4.46. The molecule has 0 spiro atoms. The van der Waals surface area contributed by atoms with Crippen molar-refractivity contribution in [3.63, 3.8) is 0 Å². The molecule has 64 valence electrons. The molecule has 0 aromatic carbocycles. The maximum absolute atomic E-state index is 11.5. The molecule has 2 bridgehead atoms. The number of carbonyl (C=O) groups is 1. The minimum atomic E-state index is -0.145. The van der Waals surface area contributed by atoms with Gasteiger partial charge in [0.05, 0.1) is 5.41 Å². The zero-order chi connectivity index (χ0) is 8.51. The molecule has 2 heteroatoms. The number of ether oxygens (including phenoxy) is 1. The SMILES string of the molecule is CC1=C[C@H]2[C@H]3C[C@H]1OC(=O)C32C. The summed E-state index contributed by atoms with van der Waals surface area (Å²) < 4.78 is 5.34. The first kappa shape index (κ1) is 6.70. The van der Waals surface area contributed by atoms with Crippen molar-refractivity contribution < 1.29 is 9.53 Å². The summed E-state index contributed by atoms with van der Waals surface area (Å²) in [5.74, 6) is 1.11. The van der Waals surface area contributed by atoms with Crippen LogP contribution in [-0.4, -0.2) is 12.1 Å². The fourth-order valence-corrected chi connectivity index (χ4v) is 2.81. The van der Waals surface area contributed by atoms with Gasteiger partial charge in [0.1, 0.15) is 6.10 Å². The first-order valence-corrected chi connectivity index (χ1v) is 4.53. The van der Waals surface area contributed by atoms with Gasteiger partial charge in [0.15, 0.2) is 0 Å². The van der Waals surface area contributed by atoms with Crippen LogP contribution in [0.5, 0.6) is 0 Å². The highest BCUT2D eigenvalue weighted by molar-refractivity contribution is 5.84. The Morgan fingerprint density at radius 2 is 2.42 bits per heavy atom. The van der Waals surface area contributed by atoms with E-state index in [1.165, 1.54) is 5.57 Å². The molecule has 3 rings (SSSR count). The standard InChI is InChI=1S/C10H12O2/c1-5-3-6-7-4-8(5)12-9(11)10(6,7)2/h3,6-8H,4H2,1-2H3/t6-,7+,8+,10?/m0/s1. The van der Waals surface area contributed by atoms with E-state index in [-0.39, 0.29) is 17.5 Å². The average molecular weight is 164 g/mol. The summed E-state index contributed by atoms with van der Waals surface area (Å²) in [6.07, 6.45) is 3.41. The minimum Gasteiger partial charge on any atom is -0.457 e. The van der Waals surface area contributed by atoms with Crippen molar-refractivity contribution in [3.05, 3.63) is 11.6 Å². The summed E-state index contributed by atoms with van der Waals surface area (Å²) in [6, 6.07) is 0. The van der Waals surface area contributed by atoms with Gasteiger partial charge in [-0.2, -0.15) is 0 Å². The molecule has 1 saturated carbocycles. The Kier molecular flexibility index (Phi) is 0.897. The first-order valence-electron chi connectivity index (χ1n) is 4.53. The molecule has 0 aromatic rings. The van der Waals surface area contributed by atoms with Crippen molar-refractivity contribution in [1.82, 2.24) is 0 Å². The van der Waals surface area contributed by atoms with Crippen molar-refractivity contribution in [2.75, 3.05) is 0 Å². The summed E-state index contributed by atoms with van der Waals surface area (Å²) in [4.78, 5) is 11.5. The van der Waals surface area contributed by atoms with Gasteiger partial charge in [-0.1, -0.05) is 6.08 Å². The lowest BCUT2D eigenvalue weighted by molar-refractivity contribution is -0.158. The molecule has 2 aliphatic carbocycles. The lowest BCUT2D eigenvalue weighted by atomic mass is 9.95. The minimum absolute atomic E-state index is 0.0295. The fourth-order valence-electron chi connectivity index (χ4n) is 2.81. The highest BCUT2D eigenvalue weighted by Gasteiger charge is 2.70. The van der Waals surface area contributed by atoms with E-state index in [0.29, 0.717) is 11.8 Å². The Morgan fingerprint density at radius 3 is 3.17 bits per heavy atom. The molecule has 2 nitrogen and oxygen atoms in total. The van der Waals surface area contributed by atoms with Gasteiger partial charge >= 0.3 is 5.97 Å². The molecule has 0 aromatic heterocycles. The predicted octanol–water partition coefficient (Wildman–Crippen LogP) is 1.51. The summed E-state index contributed by atoms with van der Waals surface area (Å²) >= 11 is 0. The smallest absolute Gasteiger partial charge is 0.313 e. The van der Waals surface area contributed by atoms with Gasteiger partial charge in [-0.15, -0.1) is 0 Å². The Balaban J connectivity index is 2.11. The number of carbonyl (C=O) groups excluding carboxylic acids is 1. The van der Waals surface area contributed by atoms with Gasteiger partial charge in [-0.25, -0.2) is 0 Å². The number of allylic oxidation sites excluding steroid dienone is 1. The molecule has 0 amide bonds. The lowest BCUT2D eigenvalue weighted by Crippen LogP contribution is -2.31. The van der Waals surface area contributed by atoms with Gasteiger partial charge in [0, 0.05) is 0 Å². The molecule has 3 aliphatic rings. The monoisotopic (exact) mass is 164 g/mol. The number of hydrogen-bond acceptors (Lipinski definition) is 2. The van der Waals surface area contributed by atoms with Crippen molar-refractivity contribution in [2.45, 2.75) is 26.4 Å². The second kappa shape index (κ2) is 1.61. The first-order chi connectivity index (χ1) is 5.64. The average Bonchev–Trinajstić information content (AvgIpc) is 2.61. The van der Waals surface area contributed by atoms with Gasteiger partial charge in [-0.3, -0.25) is 4.79 Å². The van der Waals surface area contributed by atoms with E-state index < -0.39 is 0 Å². The molecular weight excluding hydrogens is 152 g/mol. The van der Waals surface area contributed by atoms with E-state index >= 15 is 0 Å². The van der Waals surface area contributed by atoms with E-state index in [0.717, 1.165) is 6.42 Å². The van der Waals surface area contributed by atoms with Crippen molar-refractivity contribution in [3.8, 4) is 0 Å². The largest absolute Gasteiger partial charge is 0.457 e. The van der Waals surface area contributed by atoms with Crippen LogP contribution in [0.2, 0.25) is 0 Å². The van der Waals surface area contributed by atoms with Crippen LogP contribution in [0, 0.1) is 17.3 Å². The molecule has 0 radical (unpaired) electrons. The van der Waals surface area contributed by atoms with Gasteiger partial charge in [-0.05, 0) is 37.7 Å². The molecule has 1 heterocycles. The van der Waals surface area contributed by atoms with E-state index in [1.54, 1.807) is 0 Å². The highest BCUT2D eigenvalue weighted by atomic mass is 16.5. The van der Waals surface area contributed by atoms with Gasteiger partial charge in [0.25, 0.3) is 0 Å². The highest BCUT2D eigenvalue weighted by Crippen LogP contribution is 2.67. The Labute approximate surface area is 71.6 Å². The van der Waals surface area contributed by atoms with Crippen LogP contribution in [0.25, 0.3) is 0 Å². The van der Waals surface area contributed by atoms with Gasteiger partial charge in [0.2, 0.25) is 0 Å². The van der Waals surface area contributed by atoms with E-state index in [9.17, 15) is 4.79 Å². The van der Waals surface area contributed by atoms with Crippen LogP contribution in [0.3, 0.4) is 0 Å². The van der Waals surface area contributed by atoms with Crippen LogP contribution >= 0.6 is 0 Å². The number of hydrogen-bond donors (Lipinski definition) is 0. The summed E-state index contributed by atoms with van der Waals surface area (Å²) in [5.41, 5.74) is 1.11. The van der Waals surface area contributed by atoms with Crippen molar-refractivity contribution in [2.24, 2.45) is 17.3 Å². The second-order valence-electron chi connectivity index (χ2n) is 4.46. The third-order valence-corrected chi connectivity index (χ3v) is 3.89. The summed E-state index contributed by atoms with van der Waals surface area (Å²) in [5, 5.41) is 0. The zero-order valence-corrected chi connectivity index (χ0v) is 7.33. The van der Waals surface area contributed by atoms with Crippen LogP contribution in [0.4, 0.5) is 0 Å². The van der Waals surface area contributed by atoms with E-state index in [4.69, 9.17) is 4.74 Å². The third kappa shape index (κ3) is 0.501. The van der Waals surface area contributed by atoms with E-state index in [2.05, 4.69) is 13.0 Å². The van der Waals surface area contributed by atoms with Gasteiger partial charge < -0.3 is 4.74 Å². The molecular formula is C10H12O2. The molecule has 0 N–H and O–H groups in total. The van der Waals surface area contributed by atoms with Crippen LogP contribution in [0.15, 0.2) is 11.6 Å². The molecule has 1 saturated heterocycles. The molecule has 2 fully saturated rings. The zero-order valence-electron chi connectivity index (χ0n) is 7.33. The third-order valence-electron chi connectivity index (χ3n) is 3.89. The molecule has 1 unspecified atom stereocenters. The van der Waals surface area contributed by atoms with Crippen LogP contribution in [0.1, 0.15) is 20.3 Å². The quantitative estimate of drug-likeness (QED) is 0.400. The lowest BCUT2D eigenvalue weighted by Gasteiger charge is -2.25. The molecule has 12 heavy (non-hydrogen) atoms. The maximum atomic E-state index is 11.5. The molecule has 1 aliphatic heterocycles. The van der Waals surface area contributed by atoms with E-state index in [1.807, 2.05) is 6.92 Å². The summed E-state index contributed by atoms with van der Waals surface area (Å²) in [7, 11) is 0. The topological polar surface area (TPSA) is 26.3 Å². The number of fused-ring (bicyclic) bond motifs is 2. The van der Waals surface area contributed by atoms with Crippen molar-refractivity contribution in [1.29, 1.82) is 0 Å². The maximum Gasteiger partial charge on any atom is 0.313 e. The van der Waals surface area contributed by atoms with Crippen LogP contribution in [-0.2, 0) is 9.53 Å².